The third-order valence-corrected chi connectivity index (χ3v) is 8.03. The maximum absolute atomic E-state index is 6.69. The maximum atomic E-state index is 6.69. The predicted octanol–water partition coefficient (Wildman–Crippen LogP) is 11.5. The van der Waals surface area contributed by atoms with Gasteiger partial charge in [-0.3, -0.25) is 0 Å². The highest BCUT2D eigenvalue weighted by Crippen LogP contribution is 2.43. The molecule has 1 heterocycles. The summed E-state index contributed by atoms with van der Waals surface area (Å²) in [5.74, 6) is 0. The standard InChI is InChI=1S/C40H27NO/c1-4-12-28(13-5-1)29-20-22-30(23-21-29)39-35-19-11-10-14-31(35)26-37-36-27-34(24-25-38(36)42-40(37)39)41(32-15-6-2-7-16-32)33-17-8-3-9-18-33/h1-27H. The Labute approximate surface area is 244 Å². The molecule has 198 valence electrons. The van der Waals surface area contributed by atoms with Crippen LogP contribution in [0.5, 0.6) is 0 Å². The van der Waals surface area contributed by atoms with Crippen LogP contribution >= 0.6 is 0 Å². The van der Waals surface area contributed by atoms with Gasteiger partial charge in [-0.05, 0) is 76.0 Å². The third kappa shape index (κ3) is 4.13. The molecule has 8 aromatic rings. The number of rotatable bonds is 5. The van der Waals surface area contributed by atoms with Gasteiger partial charge in [0, 0.05) is 33.4 Å². The third-order valence-electron chi connectivity index (χ3n) is 8.03. The molecule has 1 aromatic heterocycles. The first-order valence-electron chi connectivity index (χ1n) is 14.3. The molecule has 0 aliphatic heterocycles. The summed E-state index contributed by atoms with van der Waals surface area (Å²) < 4.78 is 6.69. The zero-order valence-electron chi connectivity index (χ0n) is 22.9. The van der Waals surface area contributed by atoms with Crippen LogP contribution in [0.25, 0.3) is 55.0 Å². The van der Waals surface area contributed by atoms with Crippen molar-refractivity contribution in [1.29, 1.82) is 0 Å². The molecule has 0 saturated carbocycles. The Morgan fingerprint density at radius 1 is 0.381 bits per heavy atom. The Bertz CT molecular complexity index is 2120. The van der Waals surface area contributed by atoms with E-state index in [1.807, 2.05) is 0 Å². The van der Waals surface area contributed by atoms with Gasteiger partial charge in [0.1, 0.15) is 11.2 Å². The number of nitrogens with zero attached hydrogens (tertiary/aromatic N) is 1. The Morgan fingerprint density at radius 3 is 1.64 bits per heavy atom. The number of furan rings is 1. The van der Waals surface area contributed by atoms with E-state index >= 15 is 0 Å². The lowest BCUT2D eigenvalue weighted by molar-refractivity contribution is 0.670. The molecule has 42 heavy (non-hydrogen) atoms. The van der Waals surface area contributed by atoms with Crippen molar-refractivity contribution >= 4 is 49.8 Å². The fourth-order valence-corrected chi connectivity index (χ4v) is 6.05. The lowest BCUT2D eigenvalue weighted by Crippen LogP contribution is -2.09. The molecule has 0 aliphatic carbocycles. The van der Waals surface area contributed by atoms with Crippen LogP contribution in [0.2, 0.25) is 0 Å². The van der Waals surface area contributed by atoms with Crippen LogP contribution in [0, 0.1) is 0 Å². The number of hydrogen-bond acceptors (Lipinski definition) is 2. The Morgan fingerprint density at radius 2 is 0.952 bits per heavy atom. The molecule has 7 aromatic carbocycles. The fourth-order valence-electron chi connectivity index (χ4n) is 6.05. The number of fused-ring (bicyclic) bond motifs is 4. The van der Waals surface area contributed by atoms with Crippen LogP contribution in [0.4, 0.5) is 17.1 Å². The highest BCUT2D eigenvalue weighted by molar-refractivity contribution is 6.18. The maximum Gasteiger partial charge on any atom is 0.143 e. The summed E-state index contributed by atoms with van der Waals surface area (Å²) in [6.45, 7) is 0. The summed E-state index contributed by atoms with van der Waals surface area (Å²) in [7, 11) is 0. The first-order valence-corrected chi connectivity index (χ1v) is 14.3. The lowest BCUT2D eigenvalue weighted by Gasteiger charge is -2.25. The van der Waals surface area contributed by atoms with E-state index in [9.17, 15) is 0 Å². The molecule has 0 unspecified atom stereocenters. The minimum atomic E-state index is 0.882. The van der Waals surface area contributed by atoms with Crippen molar-refractivity contribution in [1.82, 2.24) is 0 Å². The number of hydrogen-bond donors (Lipinski definition) is 0. The first kappa shape index (κ1) is 24.2. The van der Waals surface area contributed by atoms with Crippen LogP contribution in [-0.2, 0) is 0 Å². The van der Waals surface area contributed by atoms with E-state index in [1.165, 1.54) is 21.9 Å². The summed E-state index contributed by atoms with van der Waals surface area (Å²) in [4.78, 5) is 2.29. The second-order valence-corrected chi connectivity index (χ2v) is 10.6. The van der Waals surface area contributed by atoms with Gasteiger partial charge in [-0.2, -0.15) is 0 Å². The normalized spacial score (nSPS) is 11.3. The van der Waals surface area contributed by atoms with Crippen molar-refractivity contribution < 1.29 is 4.42 Å². The SMILES string of the molecule is c1ccc(-c2ccc(-c3c4ccccc4cc4c3oc3ccc(N(c5ccccc5)c5ccccc5)cc34)cc2)cc1. The second-order valence-electron chi connectivity index (χ2n) is 10.6. The zero-order valence-corrected chi connectivity index (χ0v) is 22.9. The summed E-state index contributed by atoms with van der Waals surface area (Å²) >= 11 is 0. The van der Waals surface area contributed by atoms with E-state index in [2.05, 4.69) is 169 Å². The van der Waals surface area contributed by atoms with E-state index in [-0.39, 0.29) is 0 Å². The van der Waals surface area contributed by atoms with Crippen molar-refractivity contribution in [2.75, 3.05) is 4.90 Å². The van der Waals surface area contributed by atoms with Gasteiger partial charge in [-0.1, -0.05) is 115 Å². The molecule has 0 saturated heterocycles. The minimum absolute atomic E-state index is 0.882. The Hall–Kier alpha value is -5.60. The van der Waals surface area contributed by atoms with Crippen LogP contribution in [0.3, 0.4) is 0 Å². The van der Waals surface area contributed by atoms with Crippen LogP contribution in [0.15, 0.2) is 168 Å². The summed E-state index contributed by atoms with van der Waals surface area (Å²) in [6.07, 6.45) is 0. The van der Waals surface area contributed by atoms with Crippen molar-refractivity contribution in [2.45, 2.75) is 0 Å². The minimum Gasteiger partial charge on any atom is -0.455 e. The van der Waals surface area contributed by atoms with E-state index in [0.29, 0.717) is 0 Å². The number of para-hydroxylation sites is 2. The molecular formula is C40H27NO. The van der Waals surface area contributed by atoms with Gasteiger partial charge in [0.15, 0.2) is 0 Å². The van der Waals surface area contributed by atoms with Gasteiger partial charge in [-0.25, -0.2) is 0 Å². The summed E-state index contributed by atoms with van der Waals surface area (Å²) in [5, 5.41) is 4.61. The van der Waals surface area contributed by atoms with Crippen molar-refractivity contribution in [2.24, 2.45) is 0 Å². The average Bonchev–Trinajstić information content (AvgIpc) is 3.43. The molecule has 0 spiro atoms. The molecule has 0 bridgehead atoms. The molecule has 0 amide bonds. The highest BCUT2D eigenvalue weighted by atomic mass is 16.3. The van der Waals surface area contributed by atoms with Gasteiger partial charge in [0.2, 0.25) is 0 Å². The topological polar surface area (TPSA) is 16.4 Å². The van der Waals surface area contributed by atoms with Crippen molar-refractivity contribution in [3.8, 4) is 22.3 Å². The summed E-state index contributed by atoms with van der Waals surface area (Å²) in [6, 6.07) is 57.8. The molecule has 2 heteroatoms. The van der Waals surface area contributed by atoms with E-state index in [1.54, 1.807) is 0 Å². The Kier molecular flexibility index (Phi) is 5.82. The molecule has 8 rings (SSSR count). The predicted molar refractivity (Wildman–Crippen MR) is 177 cm³/mol. The average molecular weight is 538 g/mol. The molecule has 0 radical (unpaired) electrons. The van der Waals surface area contributed by atoms with Gasteiger partial charge >= 0.3 is 0 Å². The molecular weight excluding hydrogens is 510 g/mol. The van der Waals surface area contributed by atoms with Gasteiger partial charge in [0.25, 0.3) is 0 Å². The largest absolute Gasteiger partial charge is 0.455 e. The van der Waals surface area contributed by atoms with Gasteiger partial charge < -0.3 is 9.32 Å². The van der Waals surface area contributed by atoms with Crippen LogP contribution in [-0.4, -0.2) is 0 Å². The molecule has 2 nitrogen and oxygen atoms in total. The zero-order chi connectivity index (χ0) is 27.9. The van der Waals surface area contributed by atoms with Gasteiger partial charge in [0.05, 0.1) is 0 Å². The molecule has 0 fully saturated rings. The monoisotopic (exact) mass is 537 g/mol. The smallest absolute Gasteiger partial charge is 0.143 e. The fraction of sp³-hybridized carbons (Fsp3) is 0. The van der Waals surface area contributed by atoms with Gasteiger partial charge in [-0.15, -0.1) is 0 Å². The van der Waals surface area contributed by atoms with E-state index < -0.39 is 0 Å². The van der Waals surface area contributed by atoms with Crippen molar-refractivity contribution in [3.05, 3.63) is 164 Å². The molecule has 0 atom stereocenters. The summed E-state index contributed by atoms with van der Waals surface area (Å²) in [5.41, 5.74) is 9.79. The Balaban J connectivity index is 1.34. The van der Waals surface area contributed by atoms with Crippen molar-refractivity contribution in [3.63, 3.8) is 0 Å². The quantitative estimate of drug-likeness (QED) is 0.217. The van der Waals surface area contributed by atoms with Crippen LogP contribution < -0.4 is 4.90 Å². The highest BCUT2D eigenvalue weighted by Gasteiger charge is 2.19. The van der Waals surface area contributed by atoms with Crippen LogP contribution in [0.1, 0.15) is 0 Å². The molecule has 0 aliphatic rings. The van der Waals surface area contributed by atoms with E-state index in [0.717, 1.165) is 50.1 Å². The molecule has 0 N–H and O–H groups in total. The lowest BCUT2D eigenvalue weighted by atomic mass is 9.94. The number of anilines is 3. The second kappa shape index (κ2) is 10.1. The number of benzene rings is 7. The van der Waals surface area contributed by atoms with E-state index in [4.69, 9.17) is 4.42 Å². The first-order chi connectivity index (χ1) is 20.8.